The van der Waals surface area contributed by atoms with Crippen molar-refractivity contribution >= 4 is 58.7 Å². The topological polar surface area (TPSA) is 74.6 Å². The largest absolute Gasteiger partial charge is 0.261 e. The van der Waals surface area contributed by atoms with Crippen molar-refractivity contribution in [2.24, 2.45) is 10.2 Å². The third-order valence-corrected chi connectivity index (χ3v) is 4.37. The van der Waals surface area contributed by atoms with Gasteiger partial charge in [-0.15, -0.1) is 12.4 Å². The van der Waals surface area contributed by atoms with Crippen LogP contribution in [0.5, 0.6) is 0 Å². The molecular weight excluding hydrogens is 431 g/mol. The number of hydrogen-bond acceptors (Lipinski definition) is 6. The average molecular weight is 450 g/mol. The number of nitrogens with one attached hydrogen (secondary N) is 2. The first kappa shape index (κ1) is 22.6. The summed E-state index contributed by atoms with van der Waals surface area (Å²) in [5, 5.41) is 10.1. The van der Waals surface area contributed by atoms with Crippen LogP contribution in [0, 0.1) is 0 Å². The molecule has 1 heterocycles. The molecule has 0 saturated carbocycles. The second-order valence-electron chi connectivity index (χ2n) is 5.92. The van der Waals surface area contributed by atoms with Crippen molar-refractivity contribution in [3.05, 3.63) is 82.1 Å². The molecule has 3 rings (SSSR count). The summed E-state index contributed by atoms with van der Waals surface area (Å²) in [5.41, 5.74) is 9.39. The van der Waals surface area contributed by atoms with E-state index in [1.807, 2.05) is 62.4 Å². The molecule has 29 heavy (non-hydrogen) atoms. The van der Waals surface area contributed by atoms with E-state index in [9.17, 15) is 0 Å². The van der Waals surface area contributed by atoms with E-state index in [1.54, 1.807) is 6.07 Å². The summed E-state index contributed by atoms with van der Waals surface area (Å²) < 4.78 is 0. The Balaban J connectivity index is 0.00000300. The number of benzene rings is 2. The summed E-state index contributed by atoms with van der Waals surface area (Å²) in [7, 11) is 0. The Morgan fingerprint density at radius 1 is 0.724 bits per heavy atom. The molecule has 0 atom stereocenters. The minimum Gasteiger partial charge on any atom is -0.261 e. The van der Waals surface area contributed by atoms with E-state index in [2.05, 4.69) is 31.0 Å². The van der Waals surface area contributed by atoms with Crippen molar-refractivity contribution < 1.29 is 0 Å². The maximum absolute atomic E-state index is 5.91. The van der Waals surface area contributed by atoms with E-state index in [4.69, 9.17) is 23.2 Å². The highest BCUT2D eigenvalue weighted by Crippen LogP contribution is 2.13. The zero-order valence-corrected chi connectivity index (χ0v) is 18.1. The molecule has 9 heteroatoms. The molecule has 3 aromatic rings. The SMILES string of the molecule is C/C(=N\Nc1cc(N/N=C(\C)c2ccc(Cl)cc2)ncn1)c1ccc(Cl)cc1.Cl. The Hall–Kier alpha value is -2.67. The Kier molecular flexibility index (Phi) is 8.39. The number of hydrogen-bond donors (Lipinski definition) is 2. The minimum absolute atomic E-state index is 0. The first-order valence-electron chi connectivity index (χ1n) is 8.46. The second-order valence-corrected chi connectivity index (χ2v) is 6.79. The normalized spacial score (nSPS) is 11.6. The van der Waals surface area contributed by atoms with Gasteiger partial charge >= 0.3 is 0 Å². The molecule has 0 saturated heterocycles. The molecule has 0 bridgehead atoms. The first-order valence-corrected chi connectivity index (χ1v) is 9.21. The molecule has 0 aliphatic carbocycles. The Morgan fingerprint density at radius 2 is 1.10 bits per heavy atom. The van der Waals surface area contributed by atoms with Gasteiger partial charge < -0.3 is 0 Å². The zero-order valence-electron chi connectivity index (χ0n) is 15.7. The van der Waals surface area contributed by atoms with Gasteiger partial charge in [0.05, 0.1) is 11.4 Å². The van der Waals surface area contributed by atoms with Crippen molar-refractivity contribution in [2.45, 2.75) is 13.8 Å². The molecular formula is C20H19Cl3N6. The van der Waals surface area contributed by atoms with Gasteiger partial charge in [0.1, 0.15) is 6.33 Å². The molecule has 0 unspecified atom stereocenters. The second kappa shape index (κ2) is 10.8. The maximum atomic E-state index is 5.91. The highest BCUT2D eigenvalue weighted by molar-refractivity contribution is 6.31. The molecule has 0 amide bonds. The lowest BCUT2D eigenvalue weighted by Gasteiger charge is -2.06. The van der Waals surface area contributed by atoms with Crippen molar-refractivity contribution in [2.75, 3.05) is 10.9 Å². The fourth-order valence-corrected chi connectivity index (χ4v) is 2.53. The smallest absolute Gasteiger partial charge is 0.151 e. The summed E-state index contributed by atoms with van der Waals surface area (Å²) in [5.74, 6) is 1.09. The number of anilines is 2. The lowest BCUT2D eigenvalue weighted by molar-refractivity contribution is 1.11. The molecule has 150 valence electrons. The monoisotopic (exact) mass is 448 g/mol. The van der Waals surface area contributed by atoms with Crippen molar-refractivity contribution in [3.63, 3.8) is 0 Å². The van der Waals surface area contributed by atoms with Gasteiger partial charge in [-0.3, -0.25) is 10.9 Å². The van der Waals surface area contributed by atoms with Crippen molar-refractivity contribution in [3.8, 4) is 0 Å². The first-order chi connectivity index (χ1) is 13.5. The van der Waals surface area contributed by atoms with Crippen molar-refractivity contribution in [1.82, 2.24) is 9.97 Å². The van der Waals surface area contributed by atoms with Crippen LogP contribution in [-0.2, 0) is 0 Å². The van der Waals surface area contributed by atoms with Crippen molar-refractivity contribution in [1.29, 1.82) is 0 Å². The van der Waals surface area contributed by atoms with Crippen LogP contribution in [0.15, 0.2) is 71.1 Å². The van der Waals surface area contributed by atoms with Gasteiger partial charge in [-0.25, -0.2) is 9.97 Å². The van der Waals surface area contributed by atoms with Crippen LogP contribution in [0.25, 0.3) is 0 Å². The van der Waals surface area contributed by atoms with Gasteiger partial charge in [-0.05, 0) is 49.2 Å². The Morgan fingerprint density at radius 3 is 1.48 bits per heavy atom. The van der Waals surface area contributed by atoms with Crippen LogP contribution >= 0.6 is 35.6 Å². The number of halogens is 3. The highest BCUT2D eigenvalue weighted by Gasteiger charge is 2.01. The highest BCUT2D eigenvalue weighted by atomic mass is 35.5. The number of aromatic nitrogens is 2. The predicted octanol–water partition coefficient (Wildman–Crippen LogP) is 5.88. The fourth-order valence-electron chi connectivity index (χ4n) is 2.27. The summed E-state index contributed by atoms with van der Waals surface area (Å²) in [6.07, 6.45) is 1.44. The fraction of sp³-hybridized carbons (Fsp3) is 0.100. The summed E-state index contributed by atoms with van der Waals surface area (Å²) >= 11 is 11.8. The third-order valence-electron chi connectivity index (χ3n) is 3.87. The standard InChI is InChI=1S/C20H18Cl2N6.ClH/c1-13(15-3-7-17(21)8-4-15)25-27-19-11-20(24-12-23-19)28-26-14(2)16-5-9-18(22)10-6-16;/h3-12H,1-2H3,(H2,23,24,27,28);1H/b25-13+,26-14+;. The lowest BCUT2D eigenvalue weighted by atomic mass is 10.1. The molecule has 0 fully saturated rings. The van der Waals surface area contributed by atoms with E-state index < -0.39 is 0 Å². The van der Waals surface area contributed by atoms with E-state index in [1.165, 1.54) is 6.33 Å². The third kappa shape index (κ3) is 6.71. The molecule has 0 aliphatic heterocycles. The van der Waals surface area contributed by atoms with Crippen LogP contribution in [0.3, 0.4) is 0 Å². The molecule has 0 aliphatic rings. The van der Waals surface area contributed by atoms with E-state index >= 15 is 0 Å². The number of hydrazone groups is 2. The minimum atomic E-state index is 0. The van der Waals surface area contributed by atoms with Gasteiger partial charge in [-0.2, -0.15) is 10.2 Å². The predicted molar refractivity (Wildman–Crippen MR) is 124 cm³/mol. The van der Waals surface area contributed by atoms with Gasteiger partial charge in [0.2, 0.25) is 0 Å². The molecule has 6 nitrogen and oxygen atoms in total. The van der Waals surface area contributed by atoms with E-state index in [-0.39, 0.29) is 12.4 Å². The molecule has 1 aromatic heterocycles. The summed E-state index contributed by atoms with van der Waals surface area (Å²) in [6, 6.07) is 16.6. The van der Waals surface area contributed by atoms with Crippen LogP contribution in [0.1, 0.15) is 25.0 Å². The molecule has 0 radical (unpaired) electrons. The van der Waals surface area contributed by atoms with Gasteiger partial charge in [-0.1, -0.05) is 47.5 Å². The van der Waals surface area contributed by atoms with Gasteiger partial charge in [0.15, 0.2) is 11.6 Å². The van der Waals surface area contributed by atoms with Crippen LogP contribution in [-0.4, -0.2) is 21.4 Å². The van der Waals surface area contributed by atoms with E-state index in [0.29, 0.717) is 21.7 Å². The summed E-state index contributed by atoms with van der Waals surface area (Å²) in [4.78, 5) is 8.32. The molecule has 0 spiro atoms. The molecule has 2 aromatic carbocycles. The summed E-state index contributed by atoms with van der Waals surface area (Å²) in [6.45, 7) is 3.80. The zero-order chi connectivity index (χ0) is 19.9. The van der Waals surface area contributed by atoms with Gasteiger partial charge in [0, 0.05) is 16.1 Å². The average Bonchev–Trinajstić information content (AvgIpc) is 2.71. The Bertz CT molecular complexity index is 923. The van der Waals surface area contributed by atoms with Gasteiger partial charge in [0.25, 0.3) is 0 Å². The quantitative estimate of drug-likeness (QED) is 0.364. The van der Waals surface area contributed by atoms with Crippen LogP contribution in [0.2, 0.25) is 10.0 Å². The van der Waals surface area contributed by atoms with Crippen LogP contribution < -0.4 is 10.9 Å². The Labute approximate surface area is 185 Å². The maximum Gasteiger partial charge on any atom is 0.151 e. The van der Waals surface area contributed by atoms with E-state index in [0.717, 1.165) is 22.6 Å². The van der Waals surface area contributed by atoms with Crippen LogP contribution in [0.4, 0.5) is 11.6 Å². The number of nitrogens with zero attached hydrogens (tertiary/aromatic N) is 4. The number of rotatable bonds is 6. The lowest BCUT2D eigenvalue weighted by Crippen LogP contribution is -2.03. The molecule has 2 N–H and O–H groups in total.